The van der Waals surface area contributed by atoms with Gasteiger partial charge in [-0.1, -0.05) is 27.7 Å². The second-order valence-corrected chi connectivity index (χ2v) is 5.96. The average Bonchev–Trinajstić information content (AvgIpc) is 2.90. The van der Waals surface area contributed by atoms with Gasteiger partial charge in [0.2, 0.25) is 0 Å². The number of fused-ring (bicyclic) bond motifs is 3. The van der Waals surface area contributed by atoms with Gasteiger partial charge in [0.1, 0.15) is 5.82 Å². The van der Waals surface area contributed by atoms with Gasteiger partial charge in [0.05, 0.1) is 11.0 Å². The van der Waals surface area contributed by atoms with Gasteiger partial charge in [-0.3, -0.25) is 0 Å². The summed E-state index contributed by atoms with van der Waals surface area (Å²) in [5.74, 6) is 2.10. The van der Waals surface area contributed by atoms with Crippen molar-refractivity contribution in [1.82, 2.24) is 14.5 Å². The molecule has 1 N–H and O–H groups in total. The summed E-state index contributed by atoms with van der Waals surface area (Å²) >= 11 is 0. The molecule has 0 bridgehead atoms. The van der Waals surface area contributed by atoms with Crippen molar-refractivity contribution in [3.05, 3.63) is 29.7 Å². The molecule has 0 fully saturated rings. The van der Waals surface area contributed by atoms with Gasteiger partial charge in [0.25, 0.3) is 0 Å². The van der Waals surface area contributed by atoms with Crippen LogP contribution in [0.2, 0.25) is 0 Å². The van der Waals surface area contributed by atoms with E-state index in [0.717, 1.165) is 11.3 Å². The number of H-pyrrole nitrogens is 1. The third kappa shape index (κ3) is 1.76. The van der Waals surface area contributed by atoms with Crippen molar-refractivity contribution in [2.75, 3.05) is 0 Å². The van der Waals surface area contributed by atoms with E-state index in [1.165, 1.54) is 22.1 Å². The first-order valence-electron chi connectivity index (χ1n) is 6.97. The molecule has 0 unspecified atom stereocenters. The zero-order valence-corrected chi connectivity index (χ0v) is 12.3. The monoisotopic (exact) mass is 255 g/mol. The quantitative estimate of drug-likeness (QED) is 0.727. The number of nitrogens with one attached hydrogen (secondary N) is 1. The van der Waals surface area contributed by atoms with Gasteiger partial charge in [-0.15, -0.1) is 0 Å². The van der Waals surface area contributed by atoms with Crippen LogP contribution in [0.15, 0.2) is 18.2 Å². The molecular formula is C16H21N3. The lowest BCUT2D eigenvalue weighted by Gasteiger charge is -2.04. The topological polar surface area (TPSA) is 33.6 Å². The molecule has 19 heavy (non-hydrogen) atoms. The maximum absolute atomic E-state index is 4.86. The minimum atomic E-state index is 0.441. The molecular weight excluding hydrogens is 234 g/mol. The van der Waals surface area contributed by atoms with Crippen LogP contribution in [-0.2, 0) is 7.05 Å². The summed E-state index contributed by atoms with van der Waals surface area (Å²) in [6.07, 6.45) is 0. The highest BCUT2D eigenvalue weighted by Gasteiger charge is 2.15. The van der Waals surface area contributed by atoms with Crippen LogP contribution in [0.5, 0.6) is 0 Å². The third-order valence-electron chi connectivity index (χ3n) is 3.84. The van der Waals surface area contributed by atoms with Crippen molar-refractivity contribution in [3.63, 3.8) is 0 Å². The summed E-state index contributed by atoms with van der Waals surface area (Å²) in [5, 5.41) is 1.24. The van der Waals surface area contributed by atoms with Gasteiger partial charge >= 0.3 is 0 Å². The molecule has 0 aliphatic heterocycles. The molecule has 0 atom stereocenters. The van der Waals surface area contributed by atoms with E-state index in [0.29, 0.717) is 11.8 Å². The normalized spacial score (nSPS) is 12.4. The third-order valence-corrected chi connectivity index (χ3v) is 3.84. The highest BCUT2D eigenvalue weighted by molar-refractivity contribution is 6.03. The zero-order chi connectivity index (χ0) is 13.7. The smallest absolute Gasteiger partial charge is 0.112 e. The van der Waals surface area contributed by atoms with Crippen molar-refractivity contribution in [3.8, 4) is 0 Å². The van der Waals surface area contributed by atoms with Crippen LogP contribution in [0, 0.1) is 0 Å². The van der Waals surface area contributed by atoms with Crippen LogP contribution in [0.1, 0.15) is 51.0 Å². The average molecular weight is 255 g/mol. The van der Waals surface area contributed by atoms with Crippen LogP contribution >= 0.6 is 0 Å². The predicted molar refractivity (Wildman–Crippen MR) is 80.7 cm³/mol. The number of benzene rings is 1. The predicted octanol–water partition coefficient (Wildman–Crippen LogP) is 4.30. The Kier molecular flexibility index (Phi) is 2.66. The summed E-state index contributed by atoms with van der Waals surface area (Å²) < 4.78 is 2.21. The fraction of sp³-hybridized carbons (Fsp3) is 0.438. The molecule has 0 amide bonds. The standard InChI is InChI=1S/C16H21N3/c1-9(2)13-8-11-12(17-13)6-7-14-15(11)18-16(10(3)4)19(14)5/h6-10,17H,1-5H3. The number of aromatic amines is 1. The lowest BCUT2D eigenvalue weighted by molar-refractivity contribution is 0.722. The molecule has 2 aromatic heterocycles. The van der Waals surface area contributed by atoms with E-state index in [1.54, 1.807) is 0 Å². The molecule has 0 aliphatic carbocycles. The van der Waals surface area contributed by atoms with E-state index in [9.17, 15) is 0 Å². The molecule has 0 spiro atoms. The fourth-order valence-electron chi connectivity index (χ4n) is 2.73. The van der Waals surface area contributed by atoms with Crippen LogP contribution in [-0.4, -0.2) is 14.5 Å². The van der Waals surface area contributed by atoms with Crippen LogP contribution < -0.4 is 0 Å². The number of nitrogens with zero attached hydrogens (tertiary/aromatic N) is 2. The van der Waals surface area contributed by atoms with Crippen molar-refractivity contribution in [2.24, 2.45) is 7.05 Å². The highest BCUT2D eigenvalue weighted by Crippen LogP contribution is 2.29. The van der Waals surface area contributed by atoms with Gasteiger partial charge in [-0.25, -0.2) is 4.98 Å². The first kappa shape index (κ1) is 12.3. The van der Waals surface area contributed by atoms with Crippen molar-refractivity contribution in [1.29, 1.82) is 0 Å². The SMILES string of the molecule is CC(C)c1cc2c(ccc3c2nc(C(C)C)n3C)[nH]1. The zero-order valence-electron chi connectivity index (χ0n) is 12.3. The van der Waals surface area contributed by atoms with E-state index < -0.39 is 0 Å². The number of imidazole rings is 1. The van der Waals surface area contributed by atoms with Gasteiger partial charge in [-0.2, -0.15) is 0 Å². The second kappa shape index (κ2) is 4.12. The van der Waals surface area contributed by atoms with E-state index in [1.807, 2.05) is 0 Å². The van der Waals surface area contributed by atoms with Crippen molar-refractivity contribution in [2.45, 2.75) is 39.5 Å². The van der Waals surface area contributed by atoms with Gasteiger partial charge in [0, 0.05) is 29.6 Å². The minimum absolute atomic E-state index is 0.441. The number of hydrogen-bond donors (Lipinski definition) is 1. The molecule has 3 heteroatoms. The van der Waals surface area contributed by atoms with Gasteiger partial charge in [-0.05, 0) is 24.1 Å². The summed E-state index contributed by atoms with van der Waals surface area (Å²) in [5.41, 5.74) is 4.79. The minimum Gasteiger partial charge on any atom is -0.358 e. The van der Waals surface area contributed by atoms with Gasteiger partial charge < -0.3 is 9.55 Å². The lowest BCUT2D eigenvalue weighted by atomic mass is 10.1. The van der Waals surface area contributed by atoms with Crippen LogP contribution in [0.3, 0.4) is 0 Å². The molecule has 3 rings (SSSR count). The Labute approximate surface area is 113 Å². The first-order valence-corrected chi connectivity index (χ1v) is 6.97. The van der Waals surface area contributed by atoms with E-state index >= 15 is 0 Å². The number of aryl methyl sites for hydroxylation is 1. The van der Waals surface area contributed by atoms with Crippen LogP contribution in [0.25, 0.3) is 21.9 Å². The Bertz CT molecular complexity index is 744. The van der Waals surface area contributed by atoms with E-state index in [2.05, 4.69) is 62.5 Å². The Morgan fingerprint density at radius 2 is 1.84 bits per heavy atom. The maximum Gasteiger partial charge on any atom is 0.112 e. The summed E-state index contributed by atoms with van der Waals surface area (Å²) in [6, 6.07) is 6.58. The molecule has 0 radical (unpaired) electrons. The molecule has 0 saturated carbocycles. The number of aromatic nitrogens is 3. The summed E-state index contributed by atoms with van der Waals surface area (Å²) in [4.78, 5) is 8.35. The fourth-order valence-corrected chi connectivity index (χ4v) is 2.73. The molecule has 0 saturated heterocycles. The largest absolute Gasteiger partial charge is 0.358 e. The first-order chi connectivity index (χ1) is 8.99. The maximum atomic E-state index is 4.86. The second-order valence-electron chi connectivity index (χ2n) is 5.96. The molecule has 1 aromatic carbocycles. The number of rotatable bonds is 2. The Balaban J connectivity index is 2.36. The highest BCUT2D eigenvalue weighted by atomic mass is 15.1. The molecule has 2 heterocycles. The molecule has 100 valence electrons. The summed E-state index contributed by atoms with van der Waals surface area (Å²) in [6.45, 7) is 8.80. The van der Waals surface area contributed by atoms with Crippen molar-refractivity contribution >= 4 is 21.9 Å². The van der Waals surface area contributed by atoms with E-state index in [-0.39, 0.29) is 0 Å². The summed E-state index contributed by atoms with van der Waals surface area (Å²) in [7, 11) is 2.10. The van der Waals surface area contributed by atoms with Crippen molar-refractivity contribution < 1.29 is 0 Å². The molecule has 3 nitrogen and oxygen atoms in total. The Morgan fingerprint density at radius 3 is 2.47 bits per heavy atom. The molecule has 3 aromatic rings. The van der Waals surface area contributed by atoms with E-state index in [4.69, 9.17) is 4.98 Å². The molecule has 0 aliphatic rings. The van der Waals surface area contributed by atoms with Crippen LogP contribution in [0.4, 0.5) is 0 Å². The van der Waals surface area contributed by atoms with Gasteiger partial charge in [0.15, 0.2) is 0 Å². The lowest BCUT2D eigenvalue weighted by Crippen LogP contribution is -1.99. The Hall–Kier alpha value is -1.77. The number of hydrogen-bond acceptors (Lipinski definition) is 1. The Morgan fingerprint density at radius 1 is 1.11 bits per heavy atom.